The van der Waals surface area contributed by atoms with Crippen LogP contribution in [-0.2, 0) is 0 Å². The van der Waals surface area contributed by atoms with Crippen LogP contribution in [0.25, 0.3) is 0 Å². The Balaban J connectivity index is 2.13. The molecule has 0 saturated heterocycles. The van der Waals surface area contributed by atoms with Crippen LogP contribution >= 0.6 is 11.6 Å². The Morgan fingerprint density at radius 3 is 2.82 bits per heavy atom. The molecule has 0 bridgehead atoms. The van der Waals surface area contributed by atoms with Gasteiger partial charge < -0.3 is 5.32 Å². The first-order valence-corrected chi connectivity index (χ1v) is 5.66. The van der Waals surface area contributed by atoms with Crippen LogP contribution in [0.15, 0.2) is 42.7 Å². The van der Waals surface area contributed by atoms with Gasteiger partial charge in [-0.1, -0.05) is 17.7 Å². The molecule has 1 aromatic carbocycles. The van der Waals surface area contributed by atoms with E-state index in [0.29, 0.717) is 0 Å². The summed E-state index contributed by atoms with van der Waals surface area (Å²) in [5, 5.41) is 3.35. The quantitative estimate of drug-likeness (QED) is 0.889. The van der Waals surface area contributed by atoms with E-state index in [9.17, 15) is 4.39 Å². The molecule has 1 atom stereocenters. The average molecular weight is 251 g/mol. The number of benzene rings is 1. The molecule has 1 heterocycles. The van der Waals surface area contributed by atoms with Gasteiger partial charge in [0.15, 0.2) is 0 Å². The molecule has 0 amide bonds. The number of nitrogens with one attached hydrogen (secondary N) is 1. The van der Waals surface area contributed by atoms with Crippen molar-refractivity contribution in [3.05, 3.63) is 59.1 Å². The van der Waals surface area contributed by atoms with Gasteiger partial charge in [-0.2, -0.15) is 0 Å². The molecule has 2 rings (SSSR count). The van der Waals surface area contributed by atoms with E-state index in [1.54, 1.807) is 24.5 Å². The zero-order valence-corrected chi connectivity index (χ0v) is 10.1. The maximum absolute atomic E-state index is 13.0. The van der Waals surface area contributed by atoms with Crippen LogP contribution in [0.2, 0.25) is 5.02 Å². The highest BCUT2D eigenvalue weighted by Crippen LogP contribution is 2.23. The fourth-order valence-corrected chi connectivity index (χ4v) is 1.73. The van der Waals surface area contributed by atoms with E-state index >= 15 is 0 Å². The lowest BCUT2D eigenvalue weighted by Gasteiger charge is -2.15. The number of halogens is 2. The molecule has 0 fully saturated rings. The molecular formula is C13H12ClFN2. The van der Waals surface area contributed by atoms with Crippen molar-refractivity contribution in [1.82, 2.24) is 4.98 Å². The van der Waals surface area contributed by atoms with Gasteiger partial charge in [-0.15, -0.1) is 0 Å². The van der Waals surface area contributed by atoms with Crippen LogP contribution in [0.5, 0.6) is 0 Å². The first kappa shape index (κ1) is 11.9. The molecule has 1 unspecified atom stereocenters. The van der Waals surface area contributed by atoms with Gasteiger partial charge in [0, 0.05) is 18.1 Å². The molecule has 2 aromatic rings. The topological polar surface area (TPSA) is 24.9 Å². The van der Waals surface area contributed by atoms with Gasteiger partial charge in [0.05, 0.1) is 11.1 Å². The summed E-state index contributed by atoms with van der Waals surface area (Å²) in [6.45, 7) is 2.01. The molecule has 88 valence electrons. The second kappa shape index (κ2) is 5.15. The van der Waals surface area contributed by atoms with Gasteiger partial charge in [-0.3, -0.25) is 4.98 Å². The number of nitrogens with zero attached hydrogens (tertiary/aromatic N) is 1. The monoisotopic (exact) mass is 250 g/mol. The van der Waals surface area contributed by atoms with E-state index in [1.807, 2.05) is 19.1 Å². The van der Waals surface area contributed by atoms with Gasteiger partial charge in [0.1, 0.15) is 5.82 Å². The van der Waals surface area contributed by atoms with Crippen molar-refractivity contribution in [3.63, 3.8) is 0 Å². The third-order valence-corrected chi connectivity index (χ3v) is 2.78. The molecule has 0 aliphatic carbocycles. The predicted octanol–water partition coefficient (Wildman–Crippen LogP) is 4.05. The van der Waals surface area contributed by atoms with E-state index in [4.69, 9.17) is 11.6 Å². The largest absolute Gasteiger partial charge is 0.378 e. The summed E-state index contributed by atoms with van der Waals surface area (Å²) in [4.78, 5) is 4.05. The van der Waals surface area contributed by atoms with E-state index in [-0.39, 0.29) is 11.1 Å². The molecule has 4 heteroatoms. The Kier molecular flexibility index (Phi) is 3.59. The third-order valence-electron chi connectivity index (χ3n) is 2.49. The van der Waals surface area contributed by atoms with Crippen LogP contribution in [0, 0.1) is 5.82 Å². The second-order valence-electron chi connectivity index (χ2n) is 3.78. The zero-order chi connectivity index (χ0) is 12.3. The van der Waals surface area contributed by atoms with E-state index in [2.05, 4.69) is 10.3 Å². The maximum Gasteiger partial charge on any atom is 0.141 e. The van der Waals surface area contributed by atoms with Gasteiger partial charge in [-0.25, -0.2) is 4.39 Å². The summed E-state index contributed by atoms with van der Waals surface area (Å²) in [7, 11) is 0. The highest BCUT2D eigenvalue weighted by Gasteiger charge is 2.06. The number of hydrogen-bond acceptors (Lipinski definition) is 2. The lowest BCUT2D eigenvalue weighted by atomic mass is 10.1. The molecule has 0 spiro atoms. The lowest BCUT2D eigenvalue weighted by Crippen LogP contribution is -2.06. The van der Waals surface area contributed by atoms with Gasteiger partial charge in [0.25, 0.3) is 0 Å². The molecule has 0 saturated carbocycles. The number of rotatable bonds is 3. The van der Waals surface area contributed by atoms with Crippen molar-refractivity contribution < 1.29 is 4.39 Å². The smallest absolute Gasteiger partial charge is 0.141 e. The Hall–Kier alpha value is -1.61. The van der Waals surface area contributed by atoms with Crippen molar-refractivity contribution in [3.8, 4) is 0 Å². The van der Waals surface area contributed by atoms with Crippen molar-refractivity contribution in [2.24, 2.45) is 0 Å². The van der Waals surface area contributed by atoms with Crippen molar-refractivity contribution in [2.45, 2.75) is 13.0 Å². The van der Waals surface area contributed by atoms with E-state index in [0.717, 1.165) is 11.3 Å². The summed E-state index contributed by atoms with van der Waals surface area (Å²) >= 11 is 5.72. The Morgan fingerprint density at radius 2 is 2.18 bits per heavy atom. The van der Waals surface area contributed by atoms with Crippen LogP contribution in [0.4, 0.5) is 10.1 Å². The standard InChI is InChI=1S/C13H12ClFN2/c1-9(10-3-2-6-16-8-10)17-11-4-5-13(15)12(14)7-11/h2-9,17H,1H3. The predicted molar refractivity (Wildman–Crippen MR) is 67.7 cm³/mol. The van der Waals surface area contributed by atoms with Crippen LogP contribution < -0.4 is 5.32 Å². The summed E-state index contributed by atoms with van der Waals surface area (Å²) < 4.78 is 13.0. The summed E-state index contributed by atoms with van der Waals surface area (Å²) in [6, 6.07) is 8.53. The maximum atomic E-state index is 13.0. The molecule has 2 nitrogen and oxygen atoms in total. The minimum absolute atomic E-state index is 0.0882. The summed E-state index contributed by atoms with van der Waals surface area (Å²) in [6.07, 6.45) is 3.52. The number of aromatic nitrogens is 1. The summed E-state index contributed by atoms with van der Waals surface area (Å²) in [5.74, 6) is -0.411. The van der Waals surface area contributed by atoms with Gasteiger partial charge in [0.2, 0.25) is 0 Å². The molecule has 1 N–H and O–H groups in total. The number of hydrogen-bond donors (Lipinski definition) is 1. The Morgan fingerprint density at radius 1 is 1.35 bits per heavy atom. The lowest BCUT2D eigenvalue weighted by molar-refractivity contribution is 0.628. The zero-order valence-electron chi connectivity index (χ0n) is 9.32. The number of anilines is 1. The second-order valence-corrected chi connectivity index (χ2v) is 4.19. The Labute approximate surface area is 104 Å². The molecule has 0 aliphatic heterocycles. The highest BCUT2D eigenvalue weighted by molar-refractivity contribution is 6.31. The first-order chi connectivity index (χ1) is 8.16. The third kappa shape index (κ3) is 2.94. The average Bonchev–Trinajstić information content (AvgIpc) is 2.35. The van der Waals surface area contributed by atoms with Gasteiger partial charge in [-0.05, 0) is 36.8 Å². The normalized spacial score (nSPS) is 12.2. The van der Waals surface area contributed by atoms with Crippen LogP contribution in [0.1, 0.15) is 18.5 Å². The molecule has 17 heavy (non-hydrogen) atoms. The van der Waals surface area contributed by atoms with E-state index in [1.165, 1.54) is 6.07 Å². The van der Waals surface area contributed by atoms with Gasteiger partial charge >= 0.3 is 0 Å². The summed E-state index contributed by atoms with van der Waals surface area (Å²) in [5.41, 5.74) is 1.85. The molecule has 1 aromatic heterocycles. The van der Waals surface area contributed by atoms with Crippen molar-refractivity contribution >= 4 is 17.3 Å². The minimum Gasteiger partial charge on any atom is -0.378 e. The van der Waals surface area contributed by atoms with Crippen LogP contribution in [-0.4, -0.2) is 4.98 Å². The minimum atomic E-state index is -0.411. The first-order valence-electron chi connectivity index (χ1n) is 5.28. The molecule has 0 aliphatic rings. The fraction of sp³-hybridized carbons (Fsp3) is 0.154. The van der Waals surface area contributed by atoms with Crippen LogP contribution in [0.3, 0.4) is 0 Å². The van der Waals surface area contributed by atoms with E-state index < -0.39 is 5.82 Å². The molecular weight excluding hydrogens is 239 g/mol. The fourth-order valence-electron chi connectivity index (χ4n) is 1.55. The molecule has 0 radical (unpaired) electrons. The van der Waals surface area contributed by atoms with Crippen molar-refractivity contribution in [2.75, 3.05) is 5.32 Å². The highest BCUT2D eigenvalue weighted by atomic mass is 35.5. The number of pyridine rings is 1. The SMILES string of the molecule is CC(Nc1ccc(F)c(Cl)c1)c1cccnc1. The Bertz CT molecular complexity index is 502. The van der Waals surface area contributed by atoms with Crippen molar-refractivity contribution in [1.29, 1.82) is 0 Å².